The van der Waals surface area contributed by atoms with E-state index < -0.39 is 8.56 Å². The minimum Gasteiger partial charge on any atom is -0.411 e. The fourth-order valence-corrected chi connectivity index (χ4v) is 3.05. The Morgan fingerprint density at radius 3 is 2.00 bits per heavy atom. The van der Waals surface area contributed by atoms with Crippen LogP contribution in [-0.4, -0.2) is 18.2 Å². The van der Waals surface area contributed by atoms with Crippen molar-refractivity contribution in [2.75, 3.05) is 0 Å². The molecule has 0 radical (unpaired) electrons. The molecule has 11 heavy (non-hydrogen) atoms. The van der Waals surface area contributed by atoms with E-state index in [9.17, 15) is 9.59 Å². The van der Waals surface area contributed by atoms with Gasteiger partial charge in [0.05, 0.1) is 0 Å². The minimum absolute atomic E-state index is 0.636. The molecule has 0 aromatic carbocycles. The zero-order valence-electron chi connectivity index (χ0n) is 7.64. The molecule has 0 atom stereocenters. The summed E-state index contributed by atoms with van der Waals surface area (Å²) in [6.45, 7) is 4.12. The van der Waals surface area contributed by atoms with E-state index in [-0.39, 0.29) is 0 Å². The molecule has 0 unspecified atom stereocenters. The Balaban J connectivity index is 3.38. The van der Waals surface area contributed by atoms with Crippen LogP contribution in [0, 0.1) is 0 Å². The van der Waals surface area contributed by atoms with Crippen molar-refractivity contribution in [3.8, 4) is 0 Å². The zero-order valence-corrected chi connectivity index (χ0v) is 8.64. The van der Waals surface area contributed by atoms with Crippen LogP contribution < -0.4 is 0 Å². The van der Waals surface area contributed by atoms with Gasteiger partial charge < -0.3 is 9.59 Å². The van der Waals surface area contributed by atoms with Crippen molar-refractivity contribution in [3.63, 3.8) is 0 Å². The molecule has 3 heteroatoms. The standard InChI is InChI=1S/C8H20O2Si/c1-3-5-6-8-11(9,10)7-4-2/h9-10H,3-8H2,1-2H3. The summed E-state index contributed by atoms with van der Waals surface area (Å²) in [5, 5.41) is 0. The maximum Gasteiger partial charge on any atom is 0.332 e. The molecule has 68 valence electrons. The monoisotopic (exact) mass is 176 g/mol. The Morgan fingerprint density at radius 2 is 1.55 bits per heavy atom. The quantitative estimate of drug-likeness (QED) is 0.480. The summed E-state index contributed by atoms with van der Waals surface area (Å²) in [6.07, 6.45) is 4.15. The van der Waals surface area contributed by atoms with E-state index in [2.05, 4.69) is 6.92 Å². The van der Waals surface area contributed by atoms with Gasteiger partial charge in [0.2, 0.25) is 0 Å². The van der Waals surface area contributed by atoms with Gasteiger partial charge in [0, 0.05) is 0 Å². The number of rotatable bonds is 6. The molecule has 2 N–H and O–H groups in total. The van der Waals surface area contributed by atoms with Crippen molar-refractivity contribution in [1.82, 2.24) is 0 Å². The fraction of sp³-hybridized carbons (Fsp3) is 1.00. The molecule has 0 bridgehead atoms. The molecule has 0 aliphatic rings. The molecule has 0 heterocycles. The van der Waals surface area contributed by atoms with Gasteiger partial charge in [0.25, 0.3) is 0 Å². The lowest BCUT2D eigenvalue weighted by Crippen LogP contribution is -2.33. The van der Waals surface area contributed by atoms with E-state index in [1.165, 1.54) is 0 Å². The van der Waals surface area contributed by atoms with Crippen molar-refractivity contribution in [3.05, 3.63) is 0 Å². The smallest absolute Gasteiger partial charge is 0.332 e. The van der Waals surface area contributed by atoms with Gasteiger partial charge in [-0.05, 0) is 12.1 Å². The Morgan fingerprint density at radius 1 is 0.909 bits per heavy atom. The highest BCUT2D eigenvalue weighted by Crippen LogP contribution is 2.14. The van der Waals surface area contributed by atoms with Crippen LogP contribution in [0.5, 0.6) is 0 Å². The van der Waals surface area contributed by atoms with Gasteiger partial charge in [-0.15, -0.1) is 0 Å². The third-order valence-electron chi connectivity index (χ3n) is 1.83. The van der Waals surface area contributed by atoms with Gasteiger partial charge in [-0.25, -0.2) is 0 Å². The van der Waals surface area contributed by atoms with Crippen LogP contribution in [0.4, 0.5) is 0 Å². The summed E-state index contributed by atoms with van der Waals surface area (Å²) < 4.78 is 0. The third-order valence-corrected chi connectivity index (χ3v) is 4.29. The Kier molecular flexibility index (Phi) is 5.82. The molecule has 0 saturated carbocycles. The summed E-state index contributed by atoms with van der Waals surface area (Å²) in [7, 11) is -2.74. The van der Waals surface area contributed by atoms with Gasteiger partial charge in [0.15, 0.2) is 0 Å². The summed E-state index contributed by atoms with van der Waals surface area (Å²) in [5.74, 6) is 0. The van der Waals surface area contributed by atoms with Crippen LogP contribution in [0.2, 0.25) is 12.1 Å². The maximum absolute atomic E-state index is 9.44. The van der Waals surface area contributed by atoms with Gasteiger partial charge in [0.1, 0.15) is 0 Å². The normalized spacial score (nSPS) is 12.0. The van der Waals surface area contributed by atoms with E-state index in [1.807, 2.05) is 6.92 Å². The van der Waals surface area contributed by atoms with Gasteiger partial charge in [-0.2, -0.15) is 0 Å². The van der Waals surface area contributed by atoms with Crippen LogP contribution in [0.25, 0.3) is 0 Å². The molecule has 0 rings (SSSR count). The zero-order chi connectivity index (χ0) is 8.74. The van der Waals surface area contributed by atoms with Crippen molar-refractivity contribution in [2.45, 2.75) is 51.6 Å². The van der Waals surface area contributed by atoms with Crippen molar-refractivity contribution >= 4 is 8.56 Å². The van der Waals surface area contributed by atoms with Gasteiger partial charge in [-0.3, -0.25) is 0 Å². The molecule has 0 aliphatic carbocycles. The van der Waals surface area contributed by atoms with Crippen molar-refractivity contribution < 1.29 is 9.59 Å². The molecule has 0 saturated heterocycles. The predicted molar refractivity (Wildman–Crippen MR) is 49.6 cm³/mol. The number of hydrogen-bond donors (Lipinski definition) is 2. The first-order chi connectivity index (χ1) is 5.12. The predicted octanol–water partition coefficient (Wildman–Crippen LogP) is 2.01. The lowest BCUT2D eigenvalue weighted by atomic mass is 10.3. The number of unbranched alkanes of at least 4 members (excludes halogenated alkanes) is 2. The summed E-state index contributed by atoms with van der Waals surface area (Å²) in [5.41, 5.74) is 0. The first-order valence-corrected chi connectivity index (χ1v) is 6.88. The van der Waals surface area contributed by atoms with Crippen molar-refractivity contribution in [1.29, 1.82) is 0 Å². The van der Waals surface area contributed by atoms with Gasteiger partial charge in [-0.1, -0.05) is 39.5 Å². The molecule has 0 aromatic rings. The van der Waals surface area contributed by atoms with Crippen LogP contribution in [0.15, 0.2) is 0 Å². The second-order valence-corrected chi connectivity index (χ2v) is 6.15. The molecule has 2 nitrogen and oxygen atoms in total. The molecular formula is C8H20O2Si. The Bertz CT molecular complexity index is 94.1. The highest BCUT2D eigenvalue weighted by atomic mass is 28.4. The minimum atomic E-state index is -2.74. The Hall–Kier alpha value is 0.137. The molecule has 0 aromatic heterocycles. The van der Waals surface area contributed by atoms with E-state index >= 15 is 0 Å². The topological polar surface area (TPSA) is 40.5 Å². The maximum atomic E-state index is 9.44. The van der Waals surface area contributed by atoms with Crippen LogP contribution >= 0.6 is 0 Å². The fourth-order valence-electron chi connectivity index (χ4n) is 1.18. The summed E-state index contributed by atoms with van der Waals surface area (Å²) >= 11 is 0. The summed E-state index contributed by atoms with van der Waals surface area (Å²) in [4.78, 5) is 18.9. The first-order valence-electron chi connectivity index (χ1n) is 4.57. The summed E-state index contributed by atoms with van der Waals surface area (Å²) in [6, 6.07) is 1.30. The largest absolute Gasteiger partial charge is 0.411 e. The highest BCUT2D eigenvalue weighted by Gasteiger charge is 2.26. The number of hydrogen-bond acceptors (Lipinski definition) is 2. The van der Waals surface area contributed by atoms with E-state index in [0.29, 0.717) is 12.1 Å². The van der Waals surface area contributed by atoms with Crippen LogP contribution in [0.1, 0.15) is 39.5 Å². The molecule has 0 spiro atoms. The van der Waals surface area contributed by atoms with Crippen molar-refractivity contribution in [2.24, 2.45) is 0 Å². The van der Waals surface area contributed by atoms with E-state index in [0.717, 1.165) is 25.7 Å². The average Bonchev–Trinajstić information content (AvgIpc) is 1.87. The SMILES string of the molecule is CCCCC[Si](O)(O)CCC. The Labute approximate surface area is 70.5 Å². The van der Waals surface area contributed by atoms with Crippen LogP contribution in [-0.2, 0) is 0 Å². The highest BCUT2D eigenvalue weighted by molar-refractivity contribution is 6.64. The molecule has 0 fully saturated rings. The molecular weight excluding hydrogens is 156 g/mol. The first kappa shape index (κ1) is 11.1. The van der Waals surface area contributed by atoms with Crippen LogP contribution in [0.3, 0.4) is 0 Å². The second kappa shape index (κ2) is 5.74. The lowest BCUT2D eigenvalue weighted by Gasteiger charge is -2.15. The molecule has 0 amide bonds. The van der Waals surface area contributed by atoms with E-state index in [4.69, 9.17) is 0 Å². The second-order valence-electron chi connectivity index (χ2n) is 3.19. The average molecular weight is 176 g/mol. The lowest BCUT2D eigenvalue weighted by molar-refractivity contribution is 0.353. The third kappa shape index (κ3) is 6.53. The molecule has 0 aliphatic heterocycles. The van der Waals surface area contributed by atoms with E-state index in [1.54, 1.807) is 0 Å². The van der Waals surface area contributed by atoms with Gasteiger partial charge >= 0.3 is 8.56 Å².